The summed E-state index contributed by atoms with van der Waals surface area (Å²) in [6.45, 7) is 7.06. The molecule has 0 bridgehead atoms. The van der Waals surface area contributed by atoms with Gasteiger partial charge in [-0.15, -0.1) is 0 Å². The van der Waals surface area contributed by atoms with Crippen LogP contribution >= 0.6 is 0 Å². The lowest BCUT2D eigenvalue weighted by Crippen LogP contribution is -2.58. The molecule has 116 valence electrons. The van der Waals surface area contributed by atoms with E-state index in [0.29, 0.717) is 11.3 Å². The number of carbonyl (C=O) groups excluding carboxylic acids is 1. The number of hydrogen-bond acceptors (Lipinski definition) is 5. The van der Waals surface area contributed by atoms with Crippen LogP contribution in [0.3, 0.4) is 0 Å². The number of nitrogens with two attached hydrogens (primary N) is 1. The van der Waals surface area contributed by atoms with Crippen LogP contribution in [0.2, 0.25) is 0 Å². The smallest absolute Gasteiger partial charge is 0.340 e. The number of carbonyl (C=O) groups is 1. The largest absolute Gasteiger partial charge is 0.465 e. The van der Waals surface area contributed by atoms with Crippen LogP contribution in [0.15, 0.2) is 18.2 Å². The molecule has 1 aromatic rings. The molecule has 0 radical (unpaired) electrons. The van der Waals surface area contributed by atoms with Crippen LogP contribution in [0.5, 0.6) is 0 Å². The fraction of sp³-hybridized carbons (Fsp3) is 0.562. The van der Waals surface area contributed by atoms with Crippen molar-refractivity contribution in [1.29, 1.82) is 0 Å². The summed E-state index contributed by atoms with van der Waals surface area (Å²) in [7, 11) is 1.37. The number of hydrogen-bond donors (Lipinski definition) is 2. The molecule has 0 saturated heterocycles. The van der Waals surface area contributed by atoms with Crippen molar-refractivity contribution < 1.29 is 14.3 Å². The van der Waals surface area contributed by atoms with E-state index in [1.165, 1.54) is 7.11 Å². The van der Waals surface area contributed by atoms with Crippen molar-refractivity contribution in [2.24, 2.45) is 5.41 Å². The number of esters is 1. The van der Waals surface area contributed by atoms with Gasteiger partial charge in [0.1, 0.15) is 0 Å². The zero-order valence-corrected chi connectivity index (χ0v) is 13.1. The first-order valence-corrected chi connectivity index (χ1v) is 7.26. The van der Waals surface area contributed by atoms with Crippen molar-refractivity contribution in [2.45, 2.75) is 39.3 Å². The number of anilines is 2. The van der Waals surface area contributed by atoms with E-state index in [1.54, 1.807) is 12.1 Å². The van der Waals surface area contributed by atoms with E-state index in [4.69, 9.17) is 15.2 Å². The second kappa shape index (κ2) is 5.93. The van der Waals surface area contributed by atoms with Crippen molar-refractivity contribution in [2.75, 3.05) is 24.8 Å². The normalized spacial score (nSPS) is 23.2. The summed E-state index contributed by atoms with van der Waals surface area (Å²) < 4.78 is 10.5. The molecule has 2 atom stereocenters. The van der Waals surface area contributed by atoms with Crippen LogP contribution in [-0.4, -0.2) is 31.8 Å². The molecule has 0 heterocycles. The first-order chi connectivity index (χ1) is 9.90. The topological polar surface area (TPSA) is 73.6 Å². The highest BCUT2D eigenvalue weighted by atomic mass is 16.5. The molecule has 0 aromatic heterocycles. The third-order valence-electron chi connectivity index (χ3n) is 4.32. The van der Waals surface area contributed by atoms with Gasteiger partial charge in [0.15, 0.2) is 0 Å². The van der Waals surface area contributed by atoms with E-state index in [2.05, 4.69) is 19.2 Å². The standard InChI is InChI=1S/C16H24N2O3/c1-5-21-14-9-13(16(14,2)3)18-12-7-6-10(17)8-11(12)15(19)20-4/h6-8,13-14,18H,5,9,17H2,1-4H3. The fourth-order valence-corrected chi connectivity index (χ4v) is 2.77. The summed E-state index contributed by atoms with van der Waals surface area (Å²) in [5.74, 6) is -0.386. The predicted molar refractivity (Wildman–Crippen MR) is 83.4 cm³/mol. The Morgan fingerprint density at radius 2 is 2.19 bits per heavy atom. The molecule has 21 heavy (non-hydrogen) atoms. The molecule has 5 nitrogen and oxygen atoms in total. The zero-order chi connectivity index (χ0) is 15.6. The minimum atomic E-state index is -0.386. The SMILES string of the molecule is CCOC1CC(Nc2ccc(N)cc2C(=O)OC)C1(C)C. The lowest BCUT2D eigenvalue weighted by molar-refractivity contribution is -0.0976. The van der Waals surface area contributed by atoms with Gasteiger partial charge < -0.3 is 20.5 Å². The Balaban J connectivity index is 2.16. The summed E-state index contributed by atoms with van der Waals surface area (Å²) in [5.41, 5.74) is 7.54. The lowest BCUT2D eigenvalue weighted by Gasteiger charge is -2.52. The molecule has 1 aliphatic rings. The van der Waals surface area contributed by atoms with Gasteiger partial charge in [0.05, 0.1) is 18.8 Å². The van der Waals surface area contributed by atoms with Crippen LogP contribution in [0, 0.1) is 5.41 Å². The number of benzene rings is 1. The number of nitrogen functional groups attached to an aromatic ring is 1. The maximum absolute atomic E-state index is 11.9. The average molecular weight is 292 g/mol. The van der Waals surface area contributed by atoms with Crippen LogP contribution in [-0.2, 0) is 9.47 Å². The van der Waals surface area contributed by atoms with Crippen LogP contribution in [0.1, 0.15) is 37.6 Å². The number of ether oxygens (including phenoxy) is 2. The molecule has 1 fully saturated rings. The fourth-order valence-electron chi connectivity index (χ4n) is 2.77. The third-order valence-corrected chi connectivity index (χ3v) is 4.32. The zero-order valence-electron chi connectivity index (χ0n) is 13.1. The van der Waals surface area contributed by atoms with Crippen molar-refractivity contribution >= 4 is 17.3 Å². The van der Waals surface area contributed by atoms with Gasteiger partial charge in [0.25, 0.3) is 0 Å². The lowest BCUT2D eigenvalue weighted by atomic mass is 9.64. The predicted octanol–water partition coefficient (Wildman–Crippen LogP) is 2.67. The minimum Gasteiger partial charge on any atom is -0.465 e. The number of nitrogens with one attached hydrogen (secondary N) is 1. The van der Waals surface area contributed by atoms with Gasteiger partial charge in [-0.3, -0.25) is 0 Å². The van der Waals surface area contributed by atoms with Gasteiger partial charge in [0, 0.05) is 29.4 Å². The molecule has 3 N–H and O–H groups in total. The monoisotopic (exact) mass is 292 g/mol. The molecule has 2 rings (SSSR count). The highest BCUT2D eigenvalue weighted by molar-refractivity contribution is 5.96. The van der Waals surface area contributed by atoms with E-state index in [-0.39, 0.29) is 23.5 Å². The molecule has 0 spiro atoms. The van der Waals surface area contributed by atoms with E-state index in [9.17, 15) is 4.79 Å². The van der Waals surface area contributed by atoms with Gasteiger partial charge in [-0.1, -0.05) is 13.8 Å². The van der Waals surface area contributed by atoms with Crippen LogP contribution in [0.4, 0.5) is 11.4 Å². The van der Waals surface area contributed by atoms with Gasteiger partial charge in [-0.05, 0) is 31.5 Å². The molecular weight excluding hydrogens is 268 g/mol. The number of rotatable bonds is 5. The highest BCUT2D eigenvalue weighted by Gasteiger charge is 2.49. The van der Waals surface area contributed by atoms with E-state index in [1.807, 2.05) is 13.0 Å². The Labute approximate surface area is 125 Å². The molecule has 1 aromatic carbocycles. The Morgan fingerprint density at radius 3 is 2.76 bits per heavy atom. The van der Waals surface area contributed by atoms with Gasteiger partial charge >= 0.3 is 5.97 Å². The summed E-state index contributed by atoms with van der Waals surface area (Å²) in [5, 5.41) is 3.43. The Morgan fingerprint density at radius 1 is 1.48 bits per heavy atom. The second-order valence-corrected chi connectivity index (χ2v) is 5.99. The minimum absolute atomic E-state index is 0.0186. The van der Waals surface area contributed by atoms with Crippen molar-refractivity contribution in [1.82, 2.24) is 0 Å². The highest BCUT2D eigenvalue weighted by Crippen LogP contribution is 2.44. The molecule has 5 heteroatoms. The van der Waals surface area contributed by atoms with Crippen LogP contribution in [0.25, 0.3) is 0 Å². The van der Waals surface area contributed by atoms with Crippen LogP contribution < -0.4 is 11.1 Å². The molecule has 0 amide bonds. The summed E-state index contributed by atoms with van der Waals surface area (Å²) >= 11 is 0. The first kappa shape index (κ1) is 15.6. The van der Waals surface area contributed by atoms with E-state index < -0.39 is 0 Å². The first-order valence-electron chi connectivity index (χ1n) is 7.26. The van der Waals surface area contributed by atoms with Gasteiger partial charge in [0.2, 0.25) is 0 Å². The molecule has 1 aliphatic carbocycles. The Hall–Kier alpha value is -1.75. The summed E-state index contributed by atoms with van der Waals surface area (Å²) in [6, 6.07) is 5.49. The molecular formula is C16H24N2O3. The summed E-state index contributed by atoms with van der Waals surface area (Å²) in [6.07, 6.45) is 1.17. The van der Waals surface area contributed by atoms with E-state index in [0.717, 1.165) is 18.7 Å². The molecule has 2 unspecified atom stereocenters. The van der Waals surface area contributed by atoms with E-state index >= 15 is 0 Å². The molecule has 0 aliphatic heterocycles. The second-order valence-electron chi connectivity index (χ2n) is 5.99. The Kier molecular flexibility index (Phi) is 4.42. The molecule has 1 saturated carbocycles. The quantitative estimate of drug-likeness (QED) is 0.645. The Bertz CT molecular complexity index is 528. The third kappa shape index (κ3) is 2.97. The average Bonchev–Trinajstić information content (AvgIpc) is 2.46. The van der Waals surface area contributed by atoms with Gasteiger partial charge in [-0.25, -0.2) is 4.79 Å². The van der Waals surface area contributed by atoms with Crippen molar-refractivity contribution in [3.05, 3.63) is 23.8 Å². The van der Waals surface area contributed by atoms with Crippen molar-refractivity contribution in [3.63, 3.8) is 0 Å². The summed E-state index contributed by atoms with van der Waals surface area (Å²) in [4.78, 5) is 11.9. The maximum Gasteiger partial charge on any atom is 0.340 e. The number of methoxy groups -OCH3 is 1. The maximum atomic E-state index is 11.9. The van der Waals surface area contributed by atoms with Crippen molar-refractivity contribution in [3.8, 4) is 0 Å². The van der Waals surface area contributed by atoms with Gasteiger partial charge in [-0.2, -0.15) is 0 Å².